The molecular formula is C19H13F2NO2S. The first-order valence-electron chi connectivity index (χ1n) is 7.35. The van der Waals surface area contributed by atoms with Crippen molar-refractivity contribution in [2.45, 2.75) is 9.92 Å². The van der Waals surface area contributed by atoms with Gasteiger partial charge in [-0.2, -0.15) is 0 Å². The zero-order valence-electron chi connectivity index (χ0n) is 12.9. The molecule has 0 aliphatic rings. The Kier molecular flexibility index (Phi) is 4.72. The van der Waals surface area contributed by atoms with Crippen LogP contribution in [0.4, 0.5) is 8.78 Å². The van der Waals surface area contributed by atoms with Crippen molar-refractivity contribution >= 4 is 22.0 Å². The lowest BCUT2D eigenvalue weighted by atomic mass is 10.2. The van der Waals surface area contributed by atoms with Gasteiger partial charge in [0.15, 0.2) is 5.03 Å². The molecule has 0 saturated carbocycles. The predicted molar refractivity (Wildman–Crippen MR) is 91.4 cm³/mol. The van der Waals surface area contributed by atoms with Crippen molar-refractivity contribution in [1.29, 1.82) is 0 Å². The number of sulfone groups is 1. The second-order valence-corrected chi connectivity index (χ2v) is 7.17. The van der Waals surface area contributed by atoms with Crippen LogP contribution in [0.2, 0.25) is 0 Å². The zero-order valence-corrected chi connectivity index (χ0v) is 13.7. The number of benzene rings is 2. The molecule has 3 nitrogen and oxygen atoms in total. The van der Waals surface area contributed by atoms with Gasteiger partial charge in [0.1, 0.15) is 11.6 Å². The monoisotopic (exact) mass is 357 g/mol. The highest BCUT2D eigenvalue weighted by Gasteiger charge is 2.18. The van der Waals surface area contributed by atoms with Crippen LogP contribution >= 0.6 is 0 Å². The molecule has 25 heavy (non-hydrogen) atoms. The lowest BCUT2D eigenvalue weighted by molar-refractivity contribution is 0.591. The van der Waals surface area contributed by atoms with Crippen molar-refractivity contribution in [1.82, 2.24) is 4.98 Å². The fourth-order valence-electron chi connectivity index (χ4n) is 2.15. The van der Waals surface area contributed by atoms with E-state index in [0.717, 1.165) is 17.7 Å². The molecule has 0 aliphatic heterocycles. The minimum absolute atomic E-state index is 0.0176. The van der Waals surface area contributed by atoms with Gasteiger partial charge in [-0.05, 0) is 53.6 Å². The Balaban J connectivity index is 1.82. The first-order valence-corrected chi connectivity index (χ1v) is 8.84. The van der Waals surface area contributed by atoms with Crippen LogP contribution in [0.1, 0.15) is 11.1 Å². The van der Waals surface area contributed by atoms with Crippen LogP contribution in [0.15, 0.2) is 76.8 Å². The number of halogens is 2. The quantitative estimate of drug-likeness (QED) is 0.652. The molecule has 0 fully saturated rings. The van der Waals surface area contributed by atoms with Gasteiger partial charge >= 0.3 is 0 Å². The molecule has 0 N–H and O–H groups in total. The van der Waals surface area contributed by atoms with Gasteiger partial charge in [-0.3, -0.25) is 0 Å². The Morgan fingerprint density at radius 2 is 1.24 bits per heavy atom. The van der Waals surface area contributed by atoms with Crippen molar-refractivity contribution in [2.24, 2.45) is 0 Å². The normalized spacial score (nSPS) is 11.8. The van der Waals surface area contributed by atoms with Crippen LogP contribution in [0.3, 0.4) is 0 Å². The van der Waals surface area contributed by atoms with E-state index in [1.54, 1.807) is 30.4 Å². The van der Waals surface area contributed by atoms with Crippen LogP contribution in [0.5, 0.6) is 0 Å². The fourth-order valence-corrected chi connectivity index (χ4v) is 3.32. The number of hydrogen-bond acceptors (Lipinski definition) is 3. The van der Waals surface area contributed by atoms with Crippen molar-refractivity contribution in [3.8, 4) is 0 Å². The summed E-state index contributed by atoms with van der Waals surface area (Å²) in [6, 6.07) is 13.6. The minimum Gasteiger partial charge on any atom is -0.244 e. The summed E-state index contributed by atoms with van der Waals surface area (Å²) in [5.41, 5.74) is 1.51. The highest BCUT2D eigenvalue weighted by molar-refractivity contribution is 7.91. The SMILES string of the molecule is O=S(=O)(c1ccc(F)cc1)c1ccc(C=Cc2ccc(F)cc2)cn1. The van der Waals surface area contributed by atoms with E-state index >= 15 is 0 Å². The first kappa shape index (κ1) is 17.0. The third-order valence-electron chi connectivity index (χ3n) is 3.50. The highest BCUT2D eigenvalue weighted by Crippen LogP contribution is 2.20. The van der Waals surface area contributed by atoms with Crippen LogP contribution in [0, 0.1) is 11.6 Å². The van der Waals surface area contributed by atoms with Gasteiger partial charge in [0.05, 0.1) is 4.90 Å². The molecule has 126 valence electrons. The summed E-state index contributed by atoms with van der Waals surface area (Å²) in [5.74, 6) is -0.817. The van der Waals surface area contributed by atoms with Gasteiger partial charge in [0.25, 0.3) is 0 Å². The molecule has 1 heterocycles. The molecule has 1 aromatic heterocycles. The third kappa shape index (κ3) is 3.97. The van der Waals surface area contributed by atoms with E-state index < -0.39 is 15.7 Å². The Labute approximate surface area is 144 Å². The van der Waals surface area contributed by atoms with E-state index in [4.69, 9.17) is 0 Å². The Morgan fingerprint density at radius 3 is 1.80 bits per heavy atom. The summed E-state index contributed by atoms with van der Waals surface area (Å²) < 4.78 is 50.7. The van der Waals surface area contributed by atoms with Gasteiger partial charge in [0.2, 0.25) is 9.84 Å². The number of aromatic nitrogens is 1. The Hall–Kier alpha value is -2.86. The van der Waals surface area contributed by atoms with Gasteiger partial charge in [0, 0.05) is 6.20 Å². The second-order valence-electron chi connectivity index (χ2n) is 5.27. The molecular weight excluding hydrogens is 344 g/mol. The largest absolute Gasteiger partial charge is 0.244 e. The molecule has 0 unspecified atom stereocenters. The van der Waals surface area contributed by atoms with Crippen molar-refractivity contribution < 1.29 is 17.2 Å². The number of rotatable bonds is 4. The second kappa shape index (κ2) is 6.94. The summed E-state index contributed by atoms with van der Waals surface area (Å²) in [6.07, 6.45) is 4.94. The average Bonchev–Trinajstić information content (AvgIpc) is 2.62. The lowest BCUT2D eigenvalue weighted by Crippen LogP contribution is -2.04. The van der Waals surface area contributed by atoms with Gasteiger partial charge < -0.3 is 0 Å². The molecule has 0 saturated heterocycles. The van der Waals surface area contributed by atoms with E-state index in [2.05, 4.69) is 4.98 Å². The summed E-state index contributed by atoms with van der Waals surface area (Å²) in [4.78, 5) is 3.97. The van der Waals surface area contributed by atoms with Gasteiger partial charge in [-0.1, -0.05) is 30.4 Å². The number of hydrogen-bond donors (Lipinski definition) is 0. The average molecular weight is 357 g/mol. The van der Waals surface area contributed by atoms with E-state index in [9.17, 15) is 17.2 Å². The molecule has 0 atom stereocenters. The smallest absolute Gasteiger partial charge is 0.223 e. The Bertz CT molecular complexity index is 995. The van der Waals surface area contributed by atoms with E-state index in [1.807, 2.05) is 0 Å². The summed E-state index contributed by atoms with van der Waals surface area (Å²) in [5, 5.41) is -0.113. The van der Waals surface area contributed by atoms with Crippen molar-refractivity contribution in [3.63, 3.8) is 0 Å². The molecule has 3 aromatic rings. The maximum atomic E-state index is 12.9. The highest BCUT2D eigenvalue weighted by atomic mass is 32.2. The standard InChI is InChI=1S/C19H13F2NO2S/c20-16-6-3-14(4-7-16)1-2-15-5-12-19(22-13-15)25(23,24)18-10-8-17(21)9-11-18/h1-13H. The van der Waals surface area contributed by atoms with Crippen LogP contribution in [0.25, 0.3) is 12.2 Å². The van der Waals surface area contributed by atoms with Crippen LogP contribution < -0.4 is 0 Å². The molecule has 3 rings (SSSR count). The maximum absolute atomic E-state index is 12.9. The molecule has 6 heteroatoms. The molecule has 0 amide bonds. The summed E-state index contributed by atoms with van der Waals surface area (Å²) >= 11 is 0. The molecule has 0 spiro atoms. The predicted octanol–water partition coefficient (Wildman–Crippen LogP) is 4.36. The first-order chi connectivity index (χ1) is 11.9. The van der Waals surface area contributed by atoms with Crippen molar-refractivity contribution in [3.05, 3.63) is 89.6 Å². The molecule has 2 aromatic carbocycles. The fraction of sp³-hybridized carbons (Fsp3) is 0. The third-order valence-corrected chi connectivity index (χ3v) is 5.18. The summed E-state index contributed by atoms with van der Waals surface area (Å²) in [7, 11) is -3.79. The molecule has 0 radical (unpaired) electrons. The van der Waals surface area contributed by atoms with Crippen LogP contribution in [-0.4, -0.2) is 13.4 Å². The minimum atomic E-state index is -3.79. The Morgan fingerprint density at radius 1 is 0.720 bits per heavy atom. The zero-order chi connectivity index (χ0) is 17.9. The van der Waals surface area contributed by atoms with Gasteiger partial charge in [-0.25, -0.2) is 22.2 Å². The number of nitrogens with zero attached hydrogens (tertiary/aromatic N) is 1. The number of pyridine rings is 1. The lowest BCUT2D eigenvalue weighted by Gasteiger charge is -2.04. The van der Waals surface area contributed by atoms with E-state index in [-0.39, 0.29) is 15.7 Å². The molecule has 0 aliphatic carbocycles. The van der Waals surface area contributed by atoms with Crippen LogP contribution in [-0.2, 0) is 9.84 Å². The topological polar surface area (TPSA) is 47.0 Å². The van der Waals surface area contributed by atoms with Crippen molar-refractivity contribution in [2.75, 3.05) is 0 Å². The van der Waals surface area contributed by atoms with E-state index in [0.29, 0.717) is 5.56 Å². The summed E-state index contributed by atoms with van der Waals surface area (Å²) in [6.45, 7) is 0. The maximum Gasteiger partial charge on any atom is 0.223 e. The van der Waals surface area contributed by atoms with E-state index in [1.165, 1.54) is 36.5 Å². The molecule has 0 bridgehead atoms. The van der Waals surface area contributed by atoms with Gasteiger partial charge in [-0.15, -0.1) is 0 Å².